The van der Waals surface area contributed by atoms with E-state index in [1.54, 1.807) is 6.08 Å². The summed E-state index contributed by atoms with van der Waals surface area (Å²) in [4.78, 5) is 2.56. The van der Waals surface area contributed by atoms with Gasteiger partial charge in [-0.3, -0.25) is 0 Å². The van der Waals surface area contributed by atoms with Crippen molar-refractivity contribution in [1.82, 2.24) is 0 Å². The molecule has 0 heterocycles. The average molecular weight is 145 g/mol. The Morgan fingerprint density at radius 2 is 2.50 bits per heavy atom. The van der Waals surface area contributed by atoms with Gasteiger partial charge in [0.1, 0.15) is 0 Å². The molecule has 0 N–H and O–H groups in total. The van der Waals surface area contributed by atoms with Crippen molar-refractivity contribution in [2.45, 2.75) is 6.42 Å². The van der Waals surface area contributed by atoms with Crippen LogP contribution in [0.4, 0.5) is 0 Å². The highest BCUT2D eigenvalue weighted by Crippen LogP contribution is 1.75. The molecule has 0 aromatic rings. The highest BCUT2D eigenvalue weighted by molar-refractivity contribution is 9.12. The van der Waals surface area contributed by atoms with Crippen molar-refractivity contribution in [2.24, 2.45) is 0 Å². The van der Waals surface area contributed by atoms with Crippen LogP contribution in [0.3, 0.4) is 0 Å². The van der Waals surface area contributed by atoms with E-state index in [9.17, 15) is 0 Å². The van der Waals surface area contributed by atoms with Crippen LogP contribution in [0.1, 0.15) is 6.42 Å². The zero-order valence-electron chi connectivity index (χ0n) is 3.37. The minimum atomic E-state index is 0.769. The first-order chi connectivity index (χ1) is 2.91. The van der Waals surface area contributed by atoms with Crippen molar-refractivity contribution in [3.05, 3.63) is 12.7 Å². The summed E-state index contributed by atoms with van der Waals surface area (Å²) < 4.78 is 0. The summed E-state index contributed by atoms with van der Waals surface area (Å²) in [6.07, 6.45) is 2.53. The quantitative estimate of drug-likeness (QED) is 0.390. The second-order valence-electron chi connectivity index (χ2n) is 0.764. The molecule has 0 bridgehead atoms. The maximum Gasteiger partial charge on any atom is 0.0276 e. The van der Waals surface area contributed by atoms with Gasteiger partial charge in [0, 0.05) is 22.4 Å². The van der Waals surface area contributed by atoms with Gasteiger partial charge in [-0.15, -0.1) is 6.58 Å². The van der Waals surface area contributed by atoms with Crippen LogP contribution < -0.4 is 0 Å². The molecular weight excluding hydrogens is 140 g/mol. The molecule has 6 heavy (non-hydrogen) atoms. The highest BCUT2D eigenvalue weighted by Gasteiger charge is 1.56. The summed E-state index contributed by atoms with van der Waals surface area (Å²) >= 11 is 2.94. The summed E-state index contributed by atoms with van der Waals surface area (Å²) in [6.45, 7) is 3.47. The van der Waals surface area contributed by atoms with Crippen LogP contribution in [-0.4, -0.2) is 0 Å². The van der Waals surface area contributed by atoms with Gasteiger partial charge in [0.05, 0.1) is 0 Å². The summed E-state index contributed by atoms with van der Waals surface area (Å²) in [5.74, 6) is 2.75. The Hall–Kier alpha value is -0.220. The molecule has 0 aliphatic rings. The van der Waals surface area contributed by atoms with Crippen LogP contribution in [0, 0.1) is 10.8 Å². The number of allylic oxidation sites excluding steroid dienone is 1. The Morgan fingerprint density at radius 1 is 1.83 bits per heavy atom. The van der Waals surface area contributed by atoms with Gasteiger partial charge in [-0.05, 0) is 4.83 Å². The lowest BCUT2D eigenvalue weighted by molar-refractivity contribution is 1.49. The molecule has 0 fully saturated rings. The van der Waals surface area contributed by atoms with E-state index in [0.717, 1.165) is 6.42 Å². The molecule has 0 nitrogen and oxygen atoms in total. The minimum absolute atomic E-state index is 0.769. The highest BCUT2D eigenvalue weighted by atomic mass is 79.9. The van der Waals surface area contributed by atoms with E-state index < -0.39 is 0 Å². The molecule has 0 rings (SSSR count). The summed E-state index contributed by atoms with van der Waals surface area (Å²) in [5, 5.41) is 0. The first kappa shape index (κ1) is 5.78. The zero-order valence-corrected chi connectivity index (χ0v) is 4.96. The number of hydrogen-bond donors (Lipinski definition) is 0. The molecule has 0 spiro atoms. The molecule has 0 aliphatic carbocycles. The van der Waals surface area contributed by atoms with Crippen LogP contribution in [0.15, 0.2) is 12.7 Å². The summed E-state index contributed by atoms with van der Waals surface area (Å²) in [5.41, 5.74) is 0. The van der Waals surface area contributed by atoms with E-state index in [2.05, 4.69) is 33.3 Å². The predicted octanol–water partition coefficient (Wildman–Crippen LogP) is 1.92. The number of rotatable bonds is 1. The molecule has 0 saturated carbocycles. The minimum Gasteiger partial charge on any atom is -0.102 e. The normalized spacial score (nSPS) is 5.50. The smallest absolute Gasteiger partial charge is 0.0276 e. The van der Waals surface area contributed by atoms with Crippen molar-refractivity contribution in [2.75, 3.05) is 0 Å². The monoisotopic (exact) mass is 144 g/mol. The van der Waals surface area contributed by atoms with Gasteiger partial charge >= 0.3 is 0 Å². The van der Waals surface area contributed by atoms with Crippen LogP contribution >= 0.6 is 15.9 Å². The van der Waals surface area contributed by atoms with Crippen molar-refractivity contribution in [3.8, 4) is 10.8 Å². The average Bonchev–Trinajstić information content (AvgIpc) is 1.61. The number of hydrogen-bond acceptors (Lipinski definition) is 0. The van der Waals surface area contributed by atoms with Gasteiger partial charge < -0.3 is 0 Å². The Balaban J connectivity index is 3.00. The number of halogens is 1. The first-order valence-corrected chi connectivity index (χ1v) is 2.40. The van der Waals surface area contributed by atoms with E-state index in [-0.39, 0.29) is 0 Å². The third kappa shape index (κ3) is 3.78. The van der Waals surface area contributed by atoms with Crippen molar-refractivity contribution in [3.63, 3.8) is 0 Å². The fourth-order valence-electron chi connectivity index (χ4n) is 0.111. The van der Waals surface area contributed by atoms with Crippen LogP contribution in [-0.2, 0) is 0 Å². The molecule has 0 saturated heterocycles. The topological polar surface area (TPSA) is 0 Å². The largest absolute Gasteiger partial charge is 0.102 e. The van der Waals surface area contributed by atoms with Gasteiger partial charge in [-0.25, -0.2) is 0 Å². The third-order valence-electron chi connectivity index (χ3n) is 0.313. The standard InChI is InChI=1S/C5H5Br/c1-2-3-4-5-6/h2H,1,3H2. The van der Waals surface area contributed by atoms with Crippen molar-refractivity contribution in [1.29, 1.82) is 0 Å². The molecule has 0 aliphatic heterocycles. The van der Waals surface area contributed by atoms with Crippen LogP contribution in [0.5, 0.6) is 0 Å². The molecule has 32 valence electrons. The SMILES string of the molecule is C=CCC#CBr. The van der Waals surface area contributed by atoms with Crippen LogP contribution in [0.25, 0.3) is 0 Å². The van der Waals surface area contributed by atoms with E-state index in [0.29, 0.717) is 0 Å². The summed E-state index contributed by atoms with van der Waals surface area (Å²) in [6, 6.07) is 0. The Bertz CT molecular complexity index is 83.8. The maximum atomic E-state index is 3.47. The fraction of sp³-hybridized carbons (Fsp3) is 0.200. The first-order valence-electron chi connectivity index (χ1n) is 1.61. The Kier molecular flexibility index (Phi) is 4.60. The van der Waals surface area contributed by atoms with Gasteiger partial charge in [0.15, 0.2) is 0 Å². The predicted molar refractivity (Wildman–Crippen MR) is 31.5 cm³/mol. The molecule has 0 aromatic heterocycles. The van der Waals surface area contributed by atoms with E-state index in [1.807, 2.05) is 0 Å². The Labute approximate surface area is 46.4 Å². The van der Waals surface area contributed by atoms with Gasteiger partial charge in [0.2, 0.25) is 0 Å². The zero-order chi connectivity index (χ0) is 4.83. The maximum absolute atomic E-state index is 3.47. The fourth-order valence-corrected chi connectivity index (χ4v) is 0.273. The molecule has 0 radical (unpaired) electrons. The molecular formula is C5H5Br. The summed E-state index contributed by atoms with van der Waals surface area (Å²) in [7, 11) is 0. The lowest BCUT2D eigenvalue weighted by Gasteiger charge is -1.62. The van der Waals surface area contributed by atoms with Gasteiger partial charge in [0.25, 0.3) is 0 Å². The third-order valence-corrected chi connectivity index (χ3v) is 0.594. The van der Waals surface area contributed by atoms with E-state index in [4.69, 9.17) is 0 Å². The van der Waals surface area contributed by atoms with Crippen molar-refractivity contribution >= 4 is 15.9 Å². The lowest BCUT2D eigenvalue weighted by atomic mass is 10.5. The van der Waals surface area contributed by atoms with Gasteiger partial charge in [-0.2, -0.15) is 0 Å². The molecule has 0 aromatic carbocycles. The molecule has 1 heteroatoms. The second kappa shape index (κ2) is 4.78. The van der Waals surface area contributed by atoms with Gasteiger partial charge in [-0.1, -0.05) is 12.0 Å². The van der Waals surface area contributed by atoms with E-state index in [1.165, 1.54) is 0 Å². The lowest BCUT2D eigenvalue weighted by Crippen LogP contribution is -1.47. The molecule has 0 atom stereocenters. The van der Waals surface area contributed by atoms with E-state index >= 15 is 0 Å². The Morgan fingerprint density at radius 3 is 2.67 bits per heavy atom. The molecule has 0 amide bonds. The van der Waals surface area contributed by atoms with Crippen molar-refractivity contribution < 1.29 is 0 Å². The molecule has 0 unspecified atom stereocenters. The van der Waals surface area contributed by atoms with Crippen LogP contribution in [0.2, 0.25) is 0 Å². The second-order valence-corrected chi connectivity index (χ2v) is 1.16.